The van der Waals surface area contributed by atoms with Gasteiger partial charge in [-0.05, 0) is 0 Å². The van der Waals surface area contributed by atoms with Gasteiger partial charge in [0.2, 0.25) is 0 Å². The molecule has 0 atom stereocenters. The molecule has 0 unspecified atom stereocenters. The van der Waals surface area contributed by atoms with Crippen molar-refractivity contribution < 1.29 is 4.42 Å². The third kappa shape index (κ3) is 0.981. The fourth-order valence-corrected chi connectivity index (χ4v) is 0.979. The number of hydrogen-bond acceptors (Lipinski definition) is 3. The maximum absolute atomic E-state index is 5.37. The topological polar surface area (TPSA) is 38.9 Å². The van der Waals surface area contributed by atoms with Crippen molar-refractivity contribution >= 4 is 11.1 Å². The Morgan fingerprint density at radius 2 is 2.45 bits per heavy atom. The van der Waals surface area contributed by atoms with E-state index in [1.807, 2.05) is 13.0 Å². The Hall–Kier alpha value is -1.38. The van der Waals surface area contributed by atoms with Crippen LogP contribution in [0.25, 0.3) is 11.1 Å². The number of rotatable bonds is 1. The molecule has 0 saturated heterocycles. The molecule has 0 fully saturated rings. The molecule has 0 aromatic carbocycles. The highest BCUT2D eigenvalue weighted by molar-refractivity contribution is 5.70. The summed E-state index contributed by atoms with van der Waals surface area (Å²) in [5.74, 6) is 0.771. The summed E-state index contributed by atoms with van der Waals surface area (Å²) >= 11 is 0. The maximum atomic E-state index is 5.37. The number of oxazole rings is 1. The lowest BCUT2D eigenvalue weighted by Crippen LogP contribution is -1.75. The standard InChI is InChI=1S/C8H8N2O/c1-2-8-10-6-5-9-4-3-7(6)11-8/h3-5H,2H2,1H3. The molecule has 3 heteroatoms. The van der Waals surface area contributed by atoms with E-state index < -0.39 is 0 Å². The molecular formula is C8H8N2O. The van der Waals surface area contributed by atoms with Crippen molar-refractivity contribution in [1.29, 1.82) is 0 Å². The quantitative estimate of drug-likeness (QED) is 0.618. The van der Waals surface area contributed by atoms with Gasteiger partial charge < -0.3 is 4.42 Å². The van der Waals surface area contributed by atoms with Gasteiger partial charge in [0.25, 0.3) is 0 Å². The van der Waals surface area contributed by atoms with Crippen LogP contribution in [0.5, 0.6) is 0 Å². The molecule has 2 rings (SSSR count). The van der Waals surface area contributed by atoms with Gasteiger partial charge in [0, 0.05) is 18.7 Å². The van der Waals surface area contributed by atoms with Gasteiger partial charge in [-0.3, -0.25) is 4.98 Å². The molecule has 3 nitrogen and oxygen atoms in total. The highest BCUT2D eigenvalue weighted by Gasteiger charge is 2.01. The van der Waals surface area contributed by atoms with Crippen molar-refractivity contribution in [3.05, 3.63) is 24.4 Å². The van der Waals surface area contributed by atoms with Crippen molar-refractivity contribution in [2.45, 2.75) is 13.3 Å². The van der Waals surface area contributed by atoms with Crippen LogP contribution < -0.4 is 0 Å². The lowest BCUT2D eigenvalue weighted by Gasteiger charge is -1.80. The number of pyridine rings is 1. The number of hydrogen-bond donors (Lipinski definition) is 0. The average Bonchev–Trinajstić information content (AvgIpc) is 2.46. The summed E-state index contributed by atoms with van der Waals surface area (Å²) in [4.78, 5) is 8.14. The molecule has 0 amide bonds. The Morgan fingerprint density at radius 1 is 1.55 bits per heavy atom. The van der Waals surface area contributed by atoms with Crippen LogP contribution in [-0.4, -0.2) is 9.97 Å². The predicted molar refractivity (Wildman–Crippen MR) is 41.2 cm³/mol. The zero-order valence-corrected chi connectivity index (χ0v) is 6.24. The second-order valence-electron chi connectivity index (χ2n) is 2.30. The van der Waals surface area contributed by atoms with E-state index in [4.69, 9.17) is 4.42 Å². The zero-order chi connectivity index (χ0) is 7.68. The number of nitrogens with zero attached hydrogens (tertiary/aromatic N) is 2. The van der Waals surface area contributed by atoms with E-state index in [0.29, 0.717) is 0 Å². The van der Waals surface area contributed by atoms with E-state index in [9.17, 15) is 0 Å². The van der Waals surface area contributed by atoms with Crippen LogP contribution in [0.15, 0.2) is 22.9 Å². The highest BCUT2D eigenvalue weighted by Crippen LogP contribution is 2.12. The molecule has 0 aliphatic rings. The van der Waals surface area contributed by atoms with Gasteiger partial charge in [-0.15, -0.1) is 0 Å². The summed E-state index contributed by atoms with van der Waals surface area (Å²) < 4.78 is 5.37. The summed E-state index contributed by atoms with van der Waals surface area (Å²) in [6, 6.07) is 1.82. The third-order valence-corrected chi connectivity index (χ3v) is 1.54. The Morgan fingerprint density at radius 3 is 3.18 bits per heavy atom. The number of aryl methyl sites for hydroxylation is 1. The lowest BCUT2D eigenvalue weighted by atomic mass is 10.4. The molecule has 0 aliphatic carbocycles. The minimum atomic E-state index is 0.771. The first kappa shape index (κ1) is 6.34. The molecule has 0 N–H and O–H groups in total. The Balaban J connectivity index is 2.69. The first-order valence-corrected chi connectivity index (χ1v) is 3.59. The van der Waals surface area contributed by atoms with Crippen LogP contribution >= 0.6 is 0 Å². The van der Waals surface area contributed by atoms with Gasteiger partial charge in [0.15, 0.2) is 11.5 Å². The molecule has 2 heterocycles. The first-order chi connectivity index (χ1) is 5.40. The van der Waals surface area contributed by atoms with Crippen molar-refractivity contribution in [2.75, 3.05) is 0 Å². The fourth-order valence-electron chi connectivity index (χ4n) is 0.979. The van der Waals surface area contributed by atoms with Crippen molar-refractivity contribution in [2.24, 2.45) is 0 Å². The molecule has 2 aromatic rings. The SMILES string of the molecule is CCc1nc2cnccc2o1. The second kappa shape index (κ2) is 2.34. The van der Waals surface area contributed by atoms with E-state index in [2.05, 4.69) is 9.97 Å². The van der Waals surface area contributed by atoms with E-state index in [-0.39, 0.29) is 0 Å². The van der Waals surface area contributed by atoms with Crippen molar-refractivity contribution in [3.8, 4) is 0 Å². The molecule has 0 radical (unpaired) electrons. The third-order valence-electron chi connectivity index (χ3n) is 1.54. The van der Waals surface area contributed by atoms with Gasteiger partial charge in [-0.1, -0.05) is 6.92 Å². The minimum Gasteiger partial charge on any atom is -0.441 e. The van der Waals surface area contributed by atoms with Crippen LogP contribution in [0, 0.1) is 0 Å². The van der Waals surface area contributed by atoms with Crippen molar-refractivity contribution in [1.82, 2.24) is 9.97 Å². The normalized spacial score (nSPS) is 10.6. The largest absolute Gasteiger partial charge is 0.441 e. The fraction of sp³-hybridized carbons (Fsp3) is 0.250. The summed E-state index contributed by atoms with van der Waals surface area (Å²) in [6.45, 7) is 2.01. The molecule has 0 aliphatic heterocycles. The number of aromatic nitrogens is 2. The average molecular weight is 148 g/mol. The van der Waals surface area contributed by atoms with Crippen LogP contribution in [0.2, 0.25) is 0 Å². The van der Waals surface area contributed by atoms with Crippen LogP contribution in [0.4, 0.5) is 0 Å². The van der Waals surface area contributed by atoms with E-state index >= 15 is 0 Å². The van der Waals surface area contributed by atoms with Gasteiger partial charge in [-0.25, -0.2) is 4.98 Å². The molecule has 56 valence electrons. The number of fused-ring (bicyclic) bond motifs is 1. The molecule has 2 aromatic heterocycles. The molecule has 11 heavy (non-hydrogen) atoms. The lowest BCUT2D eigenvalue weighted by molar-refractivity contribution is 0.538. The zero-order valence-electron chi connectivity index (χ0n) is 6.24. The molecule has 0 saturated carbocycles. The van der Waals surface area contributed by atoms with E-state index in [0.717, 1.165) is 23.4 Å². The van der Waals surface area contributed by atoms with E-state index in [1.54, 1.807) is 12.4 Å². The van der Waals surface area contributed by atoms with Gasteiger partial charge in [0.05, 0.1) is 6.20 Å². The molecule has 0 spiro atoms. The highest BCUT2D eigenvalue weighted by atomic mass is 16.3. The maximum Gasteiger partial charge on any atom is 0.195 e. The molecular weight excluding hydrogens is 140 g/mol. The summed E-state index contributed by atoms with van der Waals surface area (Å²) in [7, 11) is 0. The summed E-state index contributed by atoms with van der Waals surface area (Å²) in [5.41, 5.74) is 1.65. The van der Waals surface area contributed by atoms with E-state index in [1.165, 1.54) is 0 Å². The van der Waals surface area contributed by atoms with Crippen LogP contribution in [-0.2, 0) is 6.42 Å². The minimum absolute atomic E-state index is 0.771. The first-order valence-electron chi connectivity index (χ1n) is 3.59. The predicted octanol–water partition coefficient (Wildman–Crippen LogP) is 1.79. The Labute approximate surface area is 64.1 Å². The van der Waals surface area contributed by atoms with Crippen molar-refractivity contribution in [3.63, 3.8) is 0 Å². The van der Waals surface area contributed by atoms with Gasteiger partial charge in [0.1, 0.15) is 5.52 Å². The second-order valence-corrected chi connectivity index (χ2v) is 2.30. The van der Waals surface area contributed by atoms with Crippen LogP contribution in [0.1, 0.15) is 12.8 Å². The Bertz CT molecular complexity index is 334. The summed E-state index contributed by atoms with van der Waals surface area (Å²) in [6.07, 6.45) is 4.24. The molecule has 0 bridgehead atoms. The smallest absolute Gasteiger partial charge is 0.195 e. The summed E-state index contributed by atoms with van der Waals surface area (Å²) in [5, 5.41) is 0. The van der Waals surface area contributed by atoms with Gasteiger partial charge in [-0.2, -0.15) is 0 Å². The van der Waals surface area contributed by atoms with Gasteiger partial charge >= 0.3 is 0 Å². The Kier molecular flexibility index (Phi) is 1.35. The monoisotopic (exact) mass is 148 g/mol. The van der Waals surface area contributed by atoms with Crippen LogP contribution in [0.3, 0.4) is 0 Å².